The number of allylic oxidation sites excluding steroid dienone is 6. The summed E-state index contributed by atoms with van der Waals surface area (Å²) < 4.78 is 28.9. The Kier molecular flexibility index (Phi) is 20.2. The summed E-state index contributed by atoms with van der Waals surface area (Å²) in [5.41, 5.74) is 4.91. The fraction of sp³-hybridized carbons (Fsp3) is 0.600. The van der Waals surface area contributed by atoms with Crippen molar-refractivity contribution in [3.05, 3.63) is 46.6 Å². The first-order valence-corrected chi connectivity index (χ1v) is 11.4. The average Bonchev–Trinajstić information content (AvgIpc) is 2.54. The van der Waals surface area contributed by atoms with Crippen LogP contribution in [0.1, 0.15) is 67.2 Å². The lowest BCUT2D eigenvalue weighted by atomic mass is 10.1. The lowest BCUT2D eigenvalue weighted by molar-refractivity contribution is -0.185. The van der Waals surface area contributed by atoms with Crippen LogP contribution < -0.4 is 9.79 Å². The van der Waals surface area contributed by atoms with Gasteiger partial charge in [0.25, 0.3) is 0 Å². The molecular weight excluding hydrogens is 398 g/mol. The van der Waals surface area contributed by atoms with E-state index < -0.39 is 16.5 Å². The van der Waals surface area contributed by atoms with Crippen molar-refractivity contribution < 1.29 is 28.0 Å². The Balaban J connectivity index is 0. The van der Waals surface area contributed by atoms with Crippen LogP contribution in [0.4, 0.5) is 0 Å². The van der Waals surface area contributed by atoms with Crippen molar-refractivity contribution in [3.63, 3.8) is 0 Å². The summed E-state index contributed by atoms with van der Waals surface area (Å²) in [6.45, 7) is 12.5. The molecule has 0 amide bonds. The van der Waals surface area contributed by atoms with Crippen LogP contribution in [-0.4, -0.2) is 13.2 Å². The van der Waals surface area contributed by atoms with Crippen LogP contribution in [0, 0.1) is 0 Å². The minimum Gasteiger partial charge on any atom is -0.566 e. The molecule has 6 nitrogen and oxygen atoms in total. The van der Waals surface area contributed by atoms with Gasteiger partial charge in [-0.15, -0.1) is 9.05 Å². The largest absolute Gasteiger partial charge is 0.566 e. The van der Waals surface area contributed by atoms with Crippen LogP contribution in [0.5, 0.6) is 0 Å². The van der Waals surface area contributed by atoms with Crippen LogP contribution in [0.3, 0.4) is 0 Å². The topological polar surface area (TPSA) is 98.7 Å². The van der Waals surface area contributed by atoms with Gasteiger partial charge in [0.05, 0.1) is 0 Å². The lowest BCUT2D eigenvalue weighted by Crippen LogP contribution is -1.92. The van der Waals surface area contributed by atoms with E-state index in [0.29, 0.717) is 0 Å². The second-order valence-corrected chi connectivity index (χ2v) is 8.19. The molecular formula is C20H34O6P2. The minimum absolute atomic E-state index is 0.152. The highest BCUT2D eigenvalue weighted by Crippen LogP contribution is 2.12. The predicted molar refractivity (Wildman–Crippen MR) is 112 cm³/mol. The summed E-state index contributed by atoms with van der Waals surface area (Å²) in [5.74, 6) is 0. The third-order valence-corrected chi connectivity index (χ3v) is 4.13. The molecule has 0 radical (unpaired) electrons. The maximum absolute atomic E-state index is 10.1. The summed E-state index contributed by atoms with van der Waals surface area (Å²) in [6, 6.07) is 0. The quantitative estimate of drug-likeness (QED) is 0.301. The van der Waals surface area contributed by atoms with Crippen molar-refractivity contribution in [2.45, 2.75) is 67.2 Å². The van der Waals surface area contributed by atoms with Crippen LogP contribution >= 0.6 is 16.5 Å². The van der Waals surface area contributed by atoms with Gasteiger partial charge in [-0.3, -0.25) is 0 Å². The number of hydrogen-bond acceptors (Lipinski definition) is 6. The van der Waals surface area contributed by atoms with Crippen LogP contribution in [0.2, 0.25) is 0 Å². The summed E-state index contributed by atoms with van der Waals surface area (Å²) >= 11 is 0. The predicted octanol–water partition coefficient (Wildman–Crippen LogP) is 5.43. The Morgan fingerprint density at radius 2 is 1.00 bits per heavy atom. The summed E-state index contributed by atoms with van der Waals surface area (Å²) in [7, 11) is -5.42. The second-order valence-electron chi connectivity index (χ2n) is 6.78. The van der Waals surface area contributed by atoms with E-state index in [0.717, 1.165) is 36.8 Å². The average molecular weight is 432 g/mol. The molecule has 2 atom stereocenters. The normalized spacial score (nSPS) is 12.6. The maximum Gasteiger partial charge on any atom is 0.488 e. The maximum atomic E-state index is 10.1. The molecule has 0 fully saturated rings. The Morgan fingerprint density at radius 1 is 0.679 bits per heavy atom. The van der Waals surface area contributed by atoms with Gasteiger partial charge in [0, 0.05) is 0 Å². The number of rotatable bonds is 12. The van der Waals surface area contributed by atoms with Gasteiger partial charge in [0.2, 0.25) is 0 Å². The molecule has 0 aromatic carbocycles. The zero-order valence-corrected chi connectivity index (χ0v) is 19.7. The van der Waals surface area contributed by atoms with Gasteiger partial charge in [-0.05, 0) is 76.4 Å². The molecule has 0 rings (SSSR count). The summed E-state index contributed by atoms with van der Waals surface area (Å²) in [4.78, 5) is 20.1. The highest BCUT2D eigenvalue weighted by molar-refractivity contribution is 7.30. The molecule has 0 aromatic heterocycles. The molecule has 8 heteroatoms. The van der Waals surface area contributed by atoms with E-state index in [4.69, 9.17) is 0 Å². The van der Waals surface area contributed by atoms with E-state index in [1.165, 1.54) is 11.1 Å². The zero-order chi connectivity index (χ0) is 21.9. The van der Waals surface area contributed by atoms with Gasteiger partial charge in [-0.2, -0.15) is 0 Å². The Labute approximate surface area is 171 Å². The Bertz CT molecular complexity index is 532. The molecule has 0 heterocycles. The van der Waals surface area contributed by atoms with E-state index >= 15 is 0 Å². The second kappa shape index (κ2) is 19.3. The van der Waals surface area contributed by atoms with Crippen molar-refractivity contribution in [2.24, 2.45) is 0 Å². The number of hydrogen-bond donors (Lipinski definition) is 0. The monoisotopic (exact) mass is 432 g/mol. The first-order chi connectivity index (χ1) is 13.0. The Hall–Kier alpha value is -1.00. The lowest BCUT2D eigenvalue weighted by Gasteiger charge is -1.97. The smallest absolute Gasteiger partial charge is 0.488 e. The Morgan fingerprint density at radius 3 is 1.25 bits per heavy atom. The van der Waals surface area contributed by atoms with E-state index in [1.807, 2.05) is 13.8 Å². The fourth-order valence-electron chi connectivity index (χ4n) is 1.86. The molecule has 0 aliphatic heterocycles. The molecule has 0 aliphatic carbocycles. The van der Waals surface area contributed by atoms with E-state index in [9.17, 15) is 18.9 Å². The van der Waals surface area contributed by atoms with Crippen LogP contribution in [-0.2, 0) is 18.2 Å². The fourth-order valence-corrected chi connectivity index (χ4v) is 2.25. The first-order valence-electron chi connectivity index (χ1n) is 9.17. The van der Waals surface area contributed by atoms with Crippen LogP contribution in [0.15, 0.2) is 46.6 Å². The van der Waals surface area contributed by atoms with Crippen LogP contribution in [0.25, 0.3) is 0 Å². The summed E-state index contributed by atoms with van der Waals surface area (Å²) in [5, 5.41) is 0. The molecule has 0 saturated heterocycles. The zero-order valence-electron chi connectivity index (χ0n) is 17.9. The van der Waals surface area contributed by atoms with E-state index in [2.05, 4.69) is 48.9 Å². The molecule has 28 heavy (non-hydrogen) atoms. The van der Waals surface area contributed by atoms with E-state index in [1.54, 1.807) is 12.2 Å². The molecule has 0 N–H and O–H groups in total. The van der Waals surface area contributed by atoms with E-state index in [-0.39, 0.29) is 13.2 Å². The molecule has 0 aromatic rings. The van der Waals surface area contributed by atoms with Crippen molar-refractivity contribution >= 4 is 16.5 Å². The molecule has 2 unspecified atom stereocenters. The third kappa shape index (κ3) is 27.2. The van der Waals surface area contributed by atoms with Gasteiger partial charge in [0.1, 0.15) is 13.2 Å². The molecule has 0 aliphatic rings. The van der Waals surface area contributed by atoms with Gasteiger partial charge >= 0.3 is 16.5 Å². The van der Waals surface area contributed by atoms with Gasteiger partial charge in [-0.1, -0.05) is 46.6 Å². The van der Waals surface area contributed by atoms with Crippen molar-refractivity contribution in [2.75, 3.05) is 13.2 Å². The molecule has 0 saturated carbocycles. The highest BCUT2D eigenvalue weighted by Gasteiger charge is 1.98. The van der Waals surface area contributed by atoms with Crippen molar-refractivity contribution in [3.8, 4) is 0 Å². The third-order valence-electron chi connectivity index (χ3n) is 3.41. The van der Waals surface area contributed by atoms with Gasteiger partial charge in [-0.25, -0.2) is 0 Å². The highest BCUT2D eigenvalue weighted by atomic mass is 31.1. The SMILES string of the molecule is CC(C)=CCC/C(C)=C/CO[P+](=O)[O-].CC(C)=CCC/C(C)=C/CO[P+](=O)[O-]. The minimum atomic E-state index is -2.71. The van der Waals surface area contributed by atoms with Crippen molar-refractivity contribution in [1.29, 1.82) is 0 Å². The van der Waals surface area contributed by atoms with Gasteiger partial charge in [0.15, 0.2) is 0 Å². The molecule has 0 spiro atoms. The first kappa shape index (κ1) is 29.2. The van der Waals surface area contributed by atoms with Crippen molar-refractivity contribution in [1.82, 2.24) is 0 Å². The van der Waals surface area contributed by atoms with Gasteiger partial charge < -0.3 is 9.79 Å². The molecule has 160 valence electrons. The summed E-state index contributed by atoms with van der Waals surface area (Å²) in [6.07, 6.45) is 11.8. The molecule has 0 bridgehead atoms. The standard InChI is InChI=1S/2C10H17O3P/c2*1-9(2)5-4-6-10(3)7-8-13-14(11)12/h2*5,7H,4,6,8H2,1-3H3/b2*10-7+.